The largest absolute Gasteiger partial charge is 0.496 e. The van der Waals surface area contributed by atoms with E-state index >= 15 is 0 Å². The molecule has 24 heavy (non-hydrogen) atoms. The van der Waals surface area contributed by atoms with Crippen LogP contribution >= 0.6 is 0 Å². The third-order valence-electron chi connectivity index (χ3n) is 4.57. The number of nitrogens with zero attached hydrogens (tertiary/aromatic N) is 2. The third kappa shape index (κ3) is 6.04. The summed E-state index contributed by atoms with van der Waals surface area (Å²) in [7, 11) is 3.55. The Morgan fingerprint density at radius 3 is 2.62 bits per heavy atom. The van der Waals surface area contributed by atoms with Gasteiger partial charge >= 0.3 is 0 Å². The number of ether oxygens (including phenoxy) is 1. The van der Waals surface area contributed by atoms with Crippen molar-refractivity contribution >= 4 is 5.96 Å². The van der Waals surface area contributed by atoms with E-state index in [-0.39, 0.29) is 0 Å². The van der Waals surface area contributed by atoms with E-state index in [4.69, 9.17) is 4.74 Å². The fourth-order valence-electron chi connectivity index (χ4n) is 3.08. The van der Waals surface area contributed by atoms with Gasteiger partial charge in [-0.25, -0.2) is 0 Å². The molecular formula is C19H32N4O. The number of guanidine groups is 1. The van der Waals surface area contributed by atoms with Gasteiger partial charge in [-0.2, -0.15) is 0 Å². The van der Waals surface area contributed by atoms with Crippen molar-refractivity contribution in [1.82, 2.24) is 15.5 Å². The molecule has 1 aromatic rings. The maximum atomic E-state index is 5.38. The number of hydrogen-bond acceptors (Lipinski definition) is 3. The van der Waals surface area contributed by atoms with Crippen molar-refractivity contribution in [3.63, 3.8) is 0 Å². The average molecular weight is 332 g/mol. The summed E-state index contributed by atoms with van der Waals surface area (Å²) in [5, 5.41) is 6.79. The molecule has 2 rings (SSSR count). The van der Waals surface area contributed by atoms with Crippen LogP contribution in [-0.2, 0) is 6.42 Å². The molecule has 1 saturated heterocycles. The van der Waals surface area contributed by atoms with Crippen molar-refractivity contribution in [2.24, 2.45) is 4.99 Å². The molecule has 134 valence electrons. The average Bonchev–Trinajstić information content (AvgIpc) is 2.62. The molecule has 0 amide bonds. The lowest BCUT2D eigenvalue weighted by atomic mass is 10.1. The fourth-order valence-corrected chi connectivity index (χ4v) is 3.08. The summed E-state index contributed by atoms with van der Waals surface area (Å²) < 4.78 is 5.38. The van der Waals surface area contributed by atoms with Crippen LogP contribution in [0.25, 0.3) is 0 Å². The van der Waals surface area contributed by atoms with Crippen molar-refractivity contribution in [2.75, 3.05) is 46.9 Å². The van der Waals surface area contributed by atoms with Gasteiger partial charge in [-0.1, -0.05) is 18.6 Å². The zero-order valence-electron chi connectivity index (χ0n) is 15.4. The molecule has 1 fully saturated rings. The highest BCUT2D eigenvalue weighted by atomic mass is 16.5. The molecule has 5 nitrogen and oxygen atoms in total. The Hall–Kier alpha value is -1.75. The van der Waals surface area contributed by atoms with Crippen LogP contribution in [0.2, 0.25) is 0 Å². The van der Waals surface area contributed by atoms with E-state index in [2.05, 4.69) is 45.6 Å². The highest BCUT2D eigenvalue weighted by Gasteiger charge is 2.09. The van der Waals surface area contributed by atoms with E-state index < -0.39 is 0 Å². The molecule has 0 spiro atoms. The Morgan fingerprint density at radius 2 is 1.92 bits per heavy atom. The predicted molar refractivity (Wildman–Crippen MR) is 101 cm³/mol. The van der Waals surface area contributed by atoms with Gasteiger partial charge in [0.25, 0.3) is 0 Å². The molecule has 5 heteroatoms. The van der Waals surface area contributed by atoms with Gasteiger partial charge in [-0.05, 0) is 56.5 Å². The monoisotopic (exact) mass is 332 g/mol. The molecule has 0 atom stereocenters. The van der Waals surface area contributed by atoms with Gasteiger partial charge in [-0.3, -0.25) is 4.99 Å². The highest BCUT2D eigenvalue weighted by molar-refractivity contribution is 5.79. The van der Waals surface area contributed by atoms with E-state index in [1.165, 1.54) is 43.5 Å². The Bertz CT molecular complexity index is 524. The van der Waals surface area contributed by atoms with Crippen LogP contribution in [0.4, 0.5) is 0 Å². The van der Waals surface area contributed by atoms with Crippen LogP contribution in [0.3, 0.4) is 0 Å². The number of benzene rings is 1. The van der Waals surface area contributed by atoms with Gasteiger partial charge in [0.1, 0.15) is 5.75 Å². The standard InChI is InChI=1S/C19H32N4O/c1-16-7-8-17(15-18(16)24-3)9-10-21-19(20-2)22-11-14-23-12-5-4-6-13-23/h7-8,15H,4-6,9-14H2,1-3H3,(H2,20,21,22). The first-order chi connectivity index (χ1) is 11.7. The van der Waals surface area contributed by atoms with E-state index in [0.717, 1.165) is 37.8 Å². The molecule has 1 aliphatic heterocycles. The summed E-state index contributed by atoms with van der Waals surface area (Å²) in [5.74, 6) is 1.84. The van der Waals surface area contributed by atoms with Crippen LogP contribution in [0, 0.1) is 6.92 Å². The lowest BCUT2D eigenvalue weighted by molar-refractivity contribution is 0.232. The first-order valence-electron chi connectivity index (χ1n) is 9.03. The molecular weight excluding hydrogens is 300 g/mol. The summed E-state index contributed by atoms with van der Waals surface area (Å²) in [6.45, 7) is 7.43. The molecule has 1 aliphatic rings. The number of methoxy groups -OCH3 is 1. The zero-order chi connectivity index (χ0) is 17.2. The van der Waals surface area contributed by atoms with Crippen LogP contribution < -0.4 is 15.4 Å². The van der Waals surface area contributed by atoms with E-state index in [1.807, 2.05) is 7.05 Å². The van der Waals surface area contributed by atoms with Crippen molar-refractivity contribution < 1.29 is 4.74 Å². The molecule has 1 heterocycles. The van der Waals surface area contributed by atoms with E-state index in [0.29, 0.717) is 0 Å². The second kappa shape index (κ2) is 10.2. The zero-order valence-corrected chi connectivity index (χ0v) is 15.4. The maximum Gasteiger partial charge on any atom is 0.191 e. The van der Waals surface area contributed by atoms with E-state index in [9.17, 15) is 0 Å². The summed E-state index contributed by atoms with van der Waals surface area (Å²) in [6, 6.07) is 6.38. The Kier molecular flexibility index (Phi) is 7.89. The smallest absolute Gasteiger partial charge is 0.191 e. The predicted octanol–water partition coefficient (Wildman–Crippen LogP) is 2.20. The second-order valence-electron chi connectivity index (χ2n) is 6.38. The van der Waals surface area contributed by atoms with Crippen molar-refractivity contribution in [3.05, 3.63) is 29.3 Å². The minimum Gasteiger partial charge on any atom is -0.496 e. The number of likely N-dealkylation sites (tertiary alicyclic amines) is 1. The lowest BCUT2D eigenvalue weighted by Crippen LogP contribution is -2.43. The highest BCUT2D eigenvalue weighted by Crippen LogP contribution is 2.18. The molecule has 2 N–H and O–H groups in total. The summed E-state index contributed by atoms with van der Waals surface area (Å²) in [4.78, 5) is 6.83. The van der Waals surface area contributed by atoms with Crippen molar-refractivity contribution in [2.45, 2.75) is 32.6 Å². The van der Waals surface area contributed by atoms with Crippen molar-refractivity contribution in [3.8, 4) is 5.75 Å². The van der Waals surface area contributed by atoms with Gasteiger partial charge in [-0.15, -0.1) is 0 Å². The number of hydrogen-bond donors (Lipinski definition) is 2. The Morgan fingerprint density at radius 1 is 1.17 bits per heavy atom. The minimum atomic E-state index is 0.857. The maximum absolute atomic E-state index is 5.38. The second-order valence-corrected chi connectivity index (χ2v) is 6.38. The molecule has 0 radical (unpaired) electrons. The SMILES string of the molecule is CN=C(NCCc1ccc(C)c(OC)c1)NCCN1CCCCC1. The third-order valence-corrected chi connectivity index (χ3v) is 4.57. The van der Waals surface area contributed by atoms with Gasteiger partial charge in [0, 0.05) is 26.7 Å². The normalized spacial score (nSPS) is 16.0. The minimum absolute atomic E-state index is 0.857. The van der Waals surface area contributed by atoms with Crippen LogP contribution in [0.5, 0.6) is 5.75 Å². The number of nitrogens with one attached hydrogen (secondary N) is 2. The molecule has 0 bridgehead atoms. The van der Waals surface area contributed by atoms with Crippen molar-refractivity contribution in [1.29, 1.82) is 0 Å². The summed E-state index contributed by atoms with van der Waals surface area (Å²) in [6.07, 6.45) is 5.01. The van der Waals surface area contributed by atoms with Crippen LogP contribution in [-0.4, -0.2) is 57.7 Å². The summed E-state index contributed by atoms with van der Waals surface area (Å²) in [5.41, 5.74) is 2.44. The van der Waals surface area contributed by atoms with Gasteiger partial charge in [0.2, 0.25) is 0 Å². The topological polar surface area (TPSA) is 48.9 Å². The van der Waals surface area contributed by atoms with Gasteiger partial charge < -0.3 is 20.3 Å². The van der Waals surface area contributed by atoms with Crippen LogP contribution in [0.1, 0.15) is 30.4 Å². The number of piperidine rings is 1. The lowest BCUT2D eigenvalue weighted by Gasteiger charge is -2.26. The first kappa shape index (κ1) is 18.6. The van der Waals surface area contributed by atoms with Gasteiger partial charge in [0.15, 0.2) is 5.96 Å². The van der Waals surface area contributed by atoms with E-state index in [1.54, 1.807) is 7.11 Å². The number of aryl methyl sites for hydroxylation is 1. The molecule has 0 unspecified atom stereocenters. The molecule has 0 saturated carbocycles. The number of rotatable bonds is 7. The molecule has 1 aromatic carbocycles. The quantitative estimate of drug-likeness (QED) is 0.594. The molecule has 0 aromatic heterocycles. The first-order valence-corrected chi connectivity index (χ1v) is 9.03. The Labute approximate surface area is 146 Å². The van der Waals surface area contributed by atoms with Crippen LogP contribution in [0.15, 0.2) is 23.2 Å². The Balaban J connectivity index is 1.67. The summed E-state index contributed by atoms with van der Waals surface area (Å²) >= 11 is 0. The number of aliphatic imine (C=N–C) groups is 1. The molecule has 0 aliphatic carbocycles. The van der Waals surface area contributed by atoms with Gasteiger partial charge in [0.05, 0.1) is 7.11 Å². The fraction of sp³-hybridized carbons (Fsp3) is 0.632.